The molecule has 0 amide bonds. The van der Waals surface area contributed by atoms with Crippen molar-refractivity contribution in [3.63, 3.8) is 0 Å². The molecule has 0 radical (unpaired) electrons. The molecular formula is C28H29F3N4O2. The first-order valence-corrected chi connectivity index (χ1v) is 12.6. The number of alkyl halides is 3. The molecule has 3 heterocycles. The summed E-state index contributed by atoms with van der Waals surface area (Å²) in [6.45, 7) is 0.549. The van der Waals surface area contributed by atoms with Crippen molar-refractivity contribution in [1.29, 1.82) is 0 Å². The number of aromatic nitrogens is 3. The van der Waals surface area contributed by atoms with Crippen molar-refractivity contribution in [3.8, 4) is 0 Å². The zero-order valence-corrected chi connectivity index (χ0v) is 20.6. The number of halogens is 3. The molecule has 5 rings (SSSR count). The van der Waals surface area contributed by atoms with E-state index in [0.717, 1.165) is 55.0 Å². The van der Waals surface area contributed by atoms with E-state index in [1.54, 1.807) is 0 Å². The van der Waals surface area contributed by atoms with Gasteiger partial charge in [-0.3, -0.25) is 4.79 Å². The number of nitrogens with zero attached hydrogens (tertiary/aromatic N) is 3. The lowest BCUT2D eigenvalue weighted by atomic mass is 9.90. The third-order valence-corrected chi connectivity index (χ3v) is 7.43. The molecule has 6 nitrogen and oxygen atoms in total. The number of H-pyrrole nitrogens is 1. The lowest BCUT2D eigenvalue weighted by Crippen LogP contribution is -2.22. The highest BCUT2D eigenvalue weighted by Gasteiger charge is 2.33. The fraction of sp³-hybridized carbons (Fsp3) is 0.393. The summed E-state index contributed by atoms with van der Waals surface area (Å²) in [5, 5.41) is 9.11. The van der Waals surface area contributed by atoms with Crippen LogP contribution in [0, 0.1) is 5.92 Å². The number of carboxylic acid groups (broad SMARTS) is 1. The van der Waals surface area contributed by atoms with Crippen LogP contribution in [0.3, 0.4) is 0 Å². The molecule has 2 atom stereocenters. The topological polar surface area (TPSA) is 82.1 Å². The van der Waals surface area contributed by atoms with Crippen LogP contribution in [0.25, 0.3) is 22.4 Å². The number of likely N-dealkylation sites (N-methyl/N-ethyl adjacent to an activating group) is 1. The van der Waals surface area contributed by atoms with Gasteiger partial charge in [-0.25, -0.2) is 9.97 Å². The van der Waals surface area contributed by atoms with Crippen LogP contribution in [0.4, 0.5) is 13.2 Å². The minimum atomic E-state index is -4.51. The molecule has 0 spiro atoms. The van der Waals surface area contributed by atoms with Crippen molar-refractivity contribution < 1.29 is 23.1 Å². The van der Waals surface area contributed by atoms with Crippen LogP contribution in [0.15, 0.2) is 48.6 Å². The largest absolute Gasteiger partial charge is 0.481 e. The summed E-state index contributed by atoms with van der Waals surface area (Å²) in [5.74, 6) is 0.534. The fourth-order valence-electron chi connectivity index (χ4n) is 5.46. The highest BCUT2D eigenvalue weighted by Crippen LogP contribution is 2.36. The second-order valence-electron chi connectivity index (χ2n) is 10.0. The van der Waals surface area contributed by atoms with Gasteiger partial charge in [-0.15, -0.1) is 0 Å². The molecule has 2 unspecified atom stereocenters. The van der Waals surface area contributed by atoms with Gasteiger partial charge in [0.1, 0.15) is 11.5 Å². The molecule has 37 heavy (non-hydrogen) atoms. The molecule has 2 N–H and O–H groups in total. The number of benzene rings is 1. The summed E-state index contributed by atoms with van der Waals surface area (Å²) >= 11 is 0. The average molecular weight is 511 g/mol. The van der Waals surface area contributed by atoms with Gasteiger partial charge in [-0.1, -0.05) is 36.8 Å². The number of allylic oxidation sites excluding steroid dienone is 2. The van der Waals surface area contributed by atoms with E-state index in [2.05, 4.69) is 44.1 Å². The highest BCUT2D eigenvalue weighted by atomic mass is 19.4. The Hall–Kier alpha value is -3.62. The number of pyridine rings is 1. The van der Waals surface area contributed by atoms with Gasteiger partial charge in [0.25, 0.3) is 0 Å². The van der Waals surface area contributed by atoms with Crippen molar-refractivity contribution in [2.45, 2.75) is 50.6 Å². The Morgan fingerprint density at radius 2 is 1.84 bits per heavy atom. The fourth-order valence-corrected chi connectivity index (χ4v) is 5.46. The van der Waals surface area contributed by atoms with Gasteiger partial charge in [0.05, 0.1) is 5.52 Å². The van der Waals surface area contributed by atoms with E-state index >= 15 is 0 Å². The van der Waals surface area contributed by atoms with E-state index in [0.29, 0.717) is 23.8 Å². The number of hydrogen-bond donors (Lipinski definition) is 2. The van der Waals surface area contributed by atoms with E-state index in [4.69, 9.17) is 5.11 Å². The minimum Gasteiger partial charge on any atom is -0.481 e. The quantitative estimate of drug-likeness (QED) is 0.384. The smallest absolute Gasteiger partial charge is 0.433 e. The standard InChI is InChI=1S/C28H29F3N4O2/c1-35-16-21(26-32-22-12-14-24(28(29,30)31)33-27(22)34-26)11-13-23(35)20-9-7-19(8-10-20)18-4-2-3-17(5-6-18)15-25(36)37/h7-14,17-18H,2-6,15-16H2,1H3,(H,36,37)(H,32,33,34). The van der Waals surface area contributed by atoms with E-state index in [1.165, 1.54) is 11.6 Å². The van der Waals surface area contributed by atoms with Gasteiger partial charge in [-0.2, -0.15) is 13.2 Å². The summed E-state index contributed by atoms with van der Waals surface area (Å²) in [6.07, 6.45) is 4.79. The molecule has 2 aliphatic rings. The normalized spacial score (nSPS) is 20.9. The lowest BCUT2D eigenvalue weighted by Gasteiger charge is -2.27. The number of fused-ring (bicyclic) bond motifs is 1. The van der Waals surface area contributed by atoms with Crippen molar-refractivity contribution in [1.82, 2.24) is 19.9 Å². The molecule has 0 bridgehead atoms. The molecule has 3 aromatic rings. The number of rotatable bonds is 5. The molecular weight excluding hydrogens is 481 g/mol. The summed E-state index contributed by atoms with van der Waals surface area (Å²) in [5.41, 5.74) is 3.84. The Morgan fingerprint density at radius 3 is 2.54 bits per heavy atom. The average Bonchev–Trinajstić information content (AvgIpc) is 3.15. The van der Waals surface area contributed by atoms with Crippen molar-refractivity contribution in [2.24, 2.45) is 5.92 Å². The predicted octanol–water partition coefficient (Wildman–Crippen LogP) is 6.49. The minimum absolute atomic E-state index is 0.0477. The molecule has 1 aliphatic heterocycles. The monoisotopic (exact) mass is 510 g/mol. The van der Waals surface area contributed by atoms with Gasteiger partial charge < -0.3 is 15.0 Å². The summed E-state index contributed by atoms with van der Waals surface area (Å²) in [6, 6.07) is 10.9. The first-order valence-electron chi connectivity index (χ1n) is 12.6. The van der Waals surface area contributed by atoms with Crippen molar-refractivity contribution in [2.75, 3.05) is 13.6 Å². The van der Waals surface area contributed by atoms with E-state index in [9.17, 15) is 18.0 Å². The second-order valence-corrected chi connectivity index (χ2v) is 10.0. The maximum absolute atomic E-state index is 13.0. The Kier molecular flexibility index (Phi) is 6.79. The zero-order chi connectivity index (χ0) is 26.2. The Balaban J connectivity index is 1.31. The van der Waals surface area contributed by atoms with Crippen LogP contribution in [-0.4, -0.2) is 44.5 Å². The molecule has 194 valence electrons. The summed E-state index contributed by atoms with van der Waals surface area (Å²) in [7, 11) is 1.98. The zero-order valence-electron chi connectivity index (χ0n) is 20.6. The van der Waals surface area contributed by atoms with Gasteiger partial charge in [0.15, 0.2) is 5.65 Å². The summed E-state index contributed by atoms with van der Waals surface area (Å²) < 4.78 is 39.0. The van der Waals surface area contributed by atoms with Crippen LogP contribution in [-0.2, 0) is 11.0 Å². The number of aliphatic carboxylic acids is 1. The van der Waals surface area contributed by atoms with Gasteiger partial charge in [0, 0.05) is 31.3 Å². The van der Waals surface area contributed by atoms with E-state index in [-0.39, 0.29) is 18.0 Å². The third-order valence-electron chi connectivity index (χ3n) is 7.43. The molecule has 0 saturated heterocycles. The Bertz CT molecular complexity index is 1360. The molecule has 1 fully saturated rings. The third kappa shape index (κ3) is 5.55. The highest BCUT2D eigenvalue weighted by molar-refractivity contribution is 5.80. The molecule has 2 aromatic heterocycles. The van der Waals surface area contributed by atoms with Crippen LogP contribution < -0.4 is 0 Å². The van der Waals surface area contributed by atoms with E-state index < -0.39 is 17.8 Å². The number of imidazole rings is 1. The predicted molar refractivity (Wildman–Crippen MR) is 135 cm³/mol. The lowest BCUT2D eigenvalue weighted by molar-refractivity contribution is -0.141. The maximum atomic E-state index is 13.0. The summed E-state index contributed by atoms with van der Waals surface area (Å²) in [4.78, 5) is 24.2. The Labute approximate surface area is 212 Å². The first kappa shape index (κ1) is 25.0. The number of carboxylic acids is 1. The molecule has 9 heteroatoms. The van der Waals surface area contributed by atoms with Gasteiger partial charge >= 0.3 is 12.1 Å². The van der Waals surface area contributed by atoms with Crippen LogP contribution in [0.5, 0.6) is 0 Å². The number of aromatic amines is 1. The second kappa shape index (κ2) is 10.0. The van der Waals surface area contributed by atoms with E-state index in [1.807, 2.05) is 19.2 Å². The SMILES string of the molecule is CN1CC(c2nc3nc(C(F)(F)F)ccc3[nH]2)=CC=C1c1ccc(C2CCCC(CC(=O)O)CC2)cc1. The van der Waals surface area contributed by atoms with Crippen LogP contribution in [0.1, 0.15) is 67.1 Å². The first-order chi connectivity index (χ1) is 17.7. The maximum Gasteiger partial charge on any atom is 0.433 e. The van der Waals surface area contributed by atoms with Crippen LogP contribution >= 0.6 is 0 Å². The molecule has 1 saturated carbocycles. The van der Waals surface area contributed by atoms with Crippen molar-refractivity contribution >= 4 is 28.4 Å². The molecule has 1 aromatic carbocycles. The van der Waals surface area contributed by atoms with Gasteiger partial charge in [-0.05, 0) is 66.9 Å². The van der Waals surface area contributed by atoms with Crippen LogP contribution in [0.2, 0.25) is 0 Å². The van der Waals surface area contributed by atoms with Gasteiger partial charge in [0.2, 0.25) is 0 Å². The Morgan fingerprint density at radius 1 is 1.05 bits per heavy atom. The number of nitrogens with one attached hydrogen (secondary N) is 1. The number of carbonyl (C=O) groups is 1. The number of hydrogen-bond acceptors (Lipinski definition) is 4. The van der Waals surface area contributed by atoms with Crippen molar-refractivity contribution in [3.05, 3.63) is 71.2 Å². The molecule has 1 aliphatic carbocycles.